The number of carbonyl (C=O) groups excluding carboxylic acids is 1. The zero-order chi connectivity index (χ0) is 20.9. The summed E-state index contributed by atoms with van der Waals surface area (Å²) in [5.74, 6) is 0.0502. The van der Waals surface area contributed by atoms with Gasteiger partial charge in [-0.2, -0.15) is 0 Å². The fourth-order valence-electron chi connectivity index (χ4n) is 3.22. The molecule has 2 aromatic rings. The molecule has 0 bridgehead atoms. The van der Waals surface area contributed by atoms with Crippen LogP contribution in [0.5, 0.6) is 5.75 Å². The molecule has 0 fully saturated rings. The number of esters is 1. The average Bonchev–Trinajstić information content (AvgIpc) is 2.72. The summed E-state index contributed by atoms with van der Waals surface area (Å²) in [5.41, 5.74) is 0.333. The van der Waals surface area contributed by atoms with Crippen LogP contribution in [-0.2, 0) is 9.53 Å². The predicted octanol–water partition coefficient (Wildman–Crippen LogP) is 5.94. The van der Waals surface area contributed by atoms with Crippen molar-refractivity contribution in [2.24, 2.45) is 0 Å². The fraction of sp³-hybridized carbons (Fsp3) is 0.545. The molecule has 2 rings (SSSR count). The molecule has 0 aliphatic heterocycles. The quantitative estimate of drug-likeness (QED) is 0.128. The number of pyridine rings is 1. The van der Waals surface area contributed by atoms with Crippen LogP contribution in [0, 0.1) is 10.1 Å². The van der Waals surface area contributed by atoms with E-state index in [1.807, 2.05) is 0 Å². The van der Waals surface area contributed by atoms with Crippen molar-refractivity contribution >= 4 is 22.6 Å². The van der Waals surface area contributed by atoms with Crippen LogP contribution in [0.15, 0.2) is 30.5 Å². The van der Waals surface area contributed by atoms with Gasteiger partial charge in [0.1, 0.15) is 11.3 Å². The first-order chi connectivity index (χ1) is 14.1. The number of unbranched alkanes of at least 4 members (excludes halogenated alkanes) is 8. The molecular formula is C22H30N2O5. The fourth-order valence-corrected chi connectivity index (χ4v) is 3.22. The Labute approximate surface area is 171 Å². The second-order valence-corrected chi connectivity index (χ2v) is 7.10. The first kappa shape index (κ1) is 22.6. The molecule has 0 spiro atoms. The number of benzene rings is 1. The van der Waals surface area contributed by atoms with E-state index in [4.69, 9.17) is 9.47 Å². The lowest BCUT2D eigenvalue weighted by atomic mass is 10.1. The van der Waals surface area contributed by atoms with E-state index in [0.29, 0.717) is 23.1 Å². The van der Waals surface area contributed by atoms with E-state index in [0.717, 1.165) is 19.3 Å². The van der Waals surface area contributed by atoms with Gasteiger partial charge in [-0.15, -0.1) is 0 Å². The van der Waals surface area contributed by atoms with Gasteiger partial charge < -0.3 is 9.47 Å². The van der Waals surface area contributed by atoms with Gasteiger partial charge >= 0.3 is 5.97 Å². The highest BCUT2D eigenvalue weighted by Gasteiger charge is 2.16. The molecule has 0 N–H and O–H groups in total. The number of carbonyl (C=O) groups is 1. The van der Waals surface area contributed by atoms with E-state index in [-0.39, 0.29) is 18.4 Å². The third kappa shape index (κ3) is 7.68. The molecule has 0 aliphatic carbocycles. The van der Waals surface area contributed by atoms with E-state index in [9.17, 15) is 14.9 Å². The van der Waals surface area contributed by atoms with E-state index in [1.54, 1.807) is 12.1 Å². The minimum absolute atomic E-state index is 0.0391. The largest absolute Gasteiger partial charge is 0.455 e. The Balaban J connectivity index is 1.67. The van der Waals surface area contributed by atoms with Crippen molar-refractivity contribution in [3.05, 3.63) is 40.6 Å². The summed E-state index contributed by atoms with van der Waals surface area (Å²) in [6.45, 7) is 1.98. The maximum atomic E-state index is 11.8. The number of nitro groups is 1. The second kappa shape index (κ2) is 12.7. The monoisotopic (exact) mass is 402 g/mol. The van der Waals surface area contributed by atoms with E-state index >= 15 is 0 Å². The summed E-state index contributed by atoms with van der Waals surface area (Å²) in [4.78, 5) is 26.7. The average molecular weight is 402 g/mol. The molecule has 1 aromatic heterocycles. The normalized spacial score (nSPS) is 10.8. The van der Waals surface area contributed by atoms with Crippen molar-refractivity contribution < 1.29 is 19.2 Å². The summed E-state index contributed by atoms with van der Waals surface area (Å²) >= 11 is 0. The summed E-state index contributed by atoms with van der Waals surface area (Å²) in [6, 6.07) is 6.08. The number of nitrogens with zero attached hydrogens (tertiary/aromatic N) is 2. The maximum Gasteiger partial charge on any atom is 0.308 e. The molecule has 7 heteroatoms. The van der Waals surface area contributed by atoms with Gasteiger partial charge in [-0.05, 0) is 24.6 Å². The molecular weight excluding hydrogens is 372 g/mol. The SMILES string of the molecule is CCCCCCCCCCCC(=O)OCOc1ccc([N+](=O)[O-])c2cccnc12. The zero-order valence-corrected chi connectivity index (χ0v) is 17.1. The molecule has 0 aliphatic rings. The van der Waals surface area contributed by atoms with Crippen LogP contribution in [0.25, 0.3) is 10.9 Å². The number of fused-ring (bicyclic) bond motifs is 1. The van der Waals surface area contributed by atoms with Crippen LogP contribution in [0.3, 0.4) is 0 Å². The predicted molar refractivity (Wildman–Crippen MR) is 112 cm³/mol. The third-order valence-electron chi connectivity index (χ3n) is 4.83. The minimum atomic E-state index is -0.459. The van der Waals surface area contributed by atoms with Crippen LogP contribution in [-0.4, -0.2) is 22.7 Å². The molecule has 0 atom stereocenters. The molecule has 0 unspecified atom stereocenters. The van der Waals surface area contributed by atoms with Crippen LogP contribution in [0.4, 0.5) is 5.69 Å². The van der Waals surface area contributed by atoms with Crippen molar-refractivity contribution in [1.29, 1.82) is 0 Å². The molecule has 0 amide bonds. The first-order valence-electron chi connectivity index (χ1n) is 10.4. The summed E-state index contributed by atoms with van der Waals surface area (Å²) in [5, 5.41) is 11.5. The molecule has 0 radical (unpaired) electrons. The number of non-ortho nitro benzene ring substituents is 1. The Hall–Kier alpha value is -2.70. The van der Waals surface area contributed by atoms with Crippen LogP contribution >= 0.6 is 0 Å². The number of aromatic nitrogens is 1. The minimum Gasteiger partial charge on any atom is -0.455 e. The number of ether oxygens (including phenoxy) is 2. The Morgan fingerprint density at radius 1 is 1.03 bits per heavy atom. The topological polar surface area (TPSA) is 91.6 Å². The third-order valence-corrected chi connectivity index (χ3v) is 4.83. The number of hydrogen-bond donors (Lipinski definition) is 0. The van der Waals surface area contributed by atoms with E-state index < -0.39 is 4.92 Å². The van der Waals surface area contributed by atoms with Gasteiger partial charge in [-0.3, -0.25) is 19.9 Å². The Morgan fingerprint density at radius 2 is 1.72 bits per heavy atom. The van der Waals surface area contributed by atoms with Gasteiger partial charge in [0.25, 0.3) is 5.69 Å². The lowest BCUT2D eigenvalue weighted by molar-refractivity contribution is -0.383. The standard InChI is InChI=1S/C22H30N2O5/c1-2-3-4-5-6-7-8-9-10-13-21(25)29-17-28-20-15-14-19(24(26)27)18-12-11-16-23-22(18)20/h11-12,14-16H,2-10,13,17H2,1H3. The van der Waals surface area contributed by atoms with Crippen LogP contribution in [0.1, 0.15) is 71.1 Å². The highest BCUT2D eigenvalue weighted by Crippen LogP contribution is 2.31. The molecule has 29 heavy (non-hydrogen) atoms. The van der Waals surface area contributed by atoms with Gasteiger partial charge in [-0.25, -0.2) is 0 Å². The van der Waals surface area contributed by atoms with Crippen molar-refractivity contribution in [2.45, 2.75) is 71.1 Å². The Bertz CT molecular complexity index is 794. The van der Waals surface area contributed by atoms with Crippen LogP contribution in [0.2, 0.25) is 0 Å². The molecule has 158 valence electrons. The van der Waals surface area contributed by atoms with E-state index in [2.05, 4.69) is 11.9 Å². The van der Waals surface area contributed by atoms with Gasteiger partial charge in [0.2, 0.25) is 6.79 Å². The highest BCUT2D eigenvalue weighted by molar-refractivity contribution is 5.92. The van der Waals surface area contributed by atoms with Crippen LogP contribution < -0.4 is 4.74 Å². The number of hydrogen-bond acceptors (Lipinski definition) is 6. The molecule has 7 nitrogen and oxygen atoms in total. The molecule has 0 saturated carbocycles. The van der Waals surface area contributed by atoms with Crippen molar-refractivity contribution in [2.75, 3.05) is 6.79 Å². The molecule has 0 saturated heterocycles. The Morgan fingerprint density at radius 3 is 2.41 bits per heavy atom. The van der Waals surface area contributed by atoms with Gasteiger partial charge in [-0.1, -0.05) is 58.3 Å². The summed E-state index contributed by atoms with van der Waals surface area (Å²) in [6.07, 6.45) is 12.6. The lowest BCUT2D eigenvalue weighted by Gasteiger charge is -2.09. The van der Waals surface area contributed by atoms with Crippen molar-refractivity contribution in [1.82, 2.24) is 4.98 Å². The first-order valence-corrected chi connectivity index (χ1v) is 10.4. The van der Waals surface area contributed by atoms with Gasteiger partial charge in [0.15, 0.2) is 0 Å². The zero-order valence-electron chi connectivity index (χ0n) is 17.1. The second-order valence-electron chi connectivity index (χ2n) is 7.10. The van der Waals surface area contributed by atoms with Gasteiger partial charge in [0, 0.05) is 18.7 Å². The molecule has 1 heterocycles. The highest BCUT2D eigenvalue weighted by atomic mass is 16.7. The summed E-state index contributed by atoms with van der Waals surface area (Å²) in [7, 11) is 0. The Kier molecular flexibility index (Phi) is 9.89. The van der Waals surface area contributed by atoms with Gasteiger partial charge in [0.05, 0.1) is 10.3 Å². The van der Waals surface area contributed by atoms with Crippen molar-refractivity contribution in [3.8, 4) is 5.75 Å². The summed E-state index contributed by atoms with van der Waals surface area (Å²) < 4.78 is 10.6. The molecule has 1 aromatic carbocycles. The maximum absolute atomic E-state index is 11.8. The smallest absolute Gasteiger partial charge is 0.308 e. The number of rotatable bonds is 14. The number of nitro benzene ring substituents is 1. The lowest BCUT2D eigenvalue weighted by Crippen LogP contribution is -2.10. The van der Waals surface area contributed by atoms with Crippen molar-refractivity contribution in [3.63, 3.8) is 0 Å². The van der Waals surface area contributed by atoms with E-state index in [1.165, 1.54) is 56.9 Å².